The molecular weight excluding hydrogens is 268 g/mol. The molecule has 1 rings (SSSR count). The SMILES string of the molecule is COC(CN)CC(=O)NCC(O)C1CCCCC1.Cl. The zero-order chi connectivity index (χ0) is 13.4. The number of carbonyl (C=O) groups excluding carboxylic acids is 1. The summed E-state index contributed by atoms with van der Waals surface area (Å²) in [5, 5.41) is 12.8. The van der Waals surface area contributed by atoms with Crippen LogP contribution < -0.4 is 11.1 Å². The zero-order valence-electron chi connectivity index (χ0n) is 11.6. The molecule has 6 heteroatoms. The van der Waals surface area contributed by atoms with E-state index in [1.54, 1.807) is 7.11 Å². The minimum atomic E-state index is -0.423. The Morgan fingerprint density at radius 2 is 2.05 bits per heavy atom. The van der Waals surface area contributed by atoms with Gasteiger partial charge in [0.1, 0.15) is 0 Å². The molecule has 19 heavy (non-hydrogen) atoms. The number of aliphatic hydroxyl groups excluding tert-OH is 1. The van der Waals surface area contributed by atoms with E-state index in [0.717, 1.165) is 12.8 Å². The lowest BCUT2D eigenvalue weighted by Gasteiger charge is -2.26. The van der Waals surface area contributed by atoms with Crippen LogP contribution in [-0.4, -0.2) is 43.4 Å². The monoisotopic (exact) mass is 294 g/mol. The highest BCUT2D eigenvalue weighted by molar-refractivity contribution is 5.85. The van der Waals surface area contributed by atoms with Gasteiger partial charge in [0, 0.05) is 20.2 Å². The standard InChI is InChI=1S/C13H26N2O3.ClH/c1-18-11(8-14)7-13(17)15-9-12(16)10-5-3-2-4-6-10;/h10-12,16H,2-9,14H2,1H3,(H,15,17);1H. The first-order valence-corrected chi connectivity index (χ1v) is 6.85. The minimum absolute atomic E-state index is 0. The molecule has 2 atom stereocenters. The number of nitrogens with one attached hydrogen (secondary N) is 1. The molecule has 2 unspecified atom stereocenters. The summed E-state index contributed by atoms with van der Waals surface area (Å²) in [7, 11) is 1.54. The fourth-order valence-electron chi connectivity index (χ4n) is 2.45. The Hall–Kier alpha value is -0.360. The highest BCUT2D eigenvalue weighted by Crippen LogP contribution is 2.26. The summed E-state index contributed by atoms with van der Waals surface area (Å²) in [5.74, 6) is 0.230. The molecule has 1 amide bonds. The molecule has 0 heterocycles. The maximum atomic E-state index is 11.6. The Bertz CT molecular complexity index is 244. The van der Waals surface area contributed by atoms with Gasteiger partial charge in [-0.15, -0.1) is 12.4 Å². The highest BCUT2D eigenvalue weighted by atomic mass is 35.5. The van der Waals surface area contributed by atoms with Crippen molar-refractivity contribution >= 4 is 18.3 Å². The molecule has 0 radical (unpaired) electrons. The summed E-state index contributed by atoms with van der Waals surface area (Å²) in [4.78, 5) is 11.6. The lowest BCUT2D eigenvalue weighted by atomic mass is 9.85. The largest absolute Gasteiger partial charge is 0.391 e. The molecule has 0 bridgehead atoms. The predicted molar refractivity (Wildman–Crippen MR) is 77.3 cm³/mol. The molecule has 1 fully saturated rings. The molecule has 5 nitrogen and oxygen atoms in total. The van der Waals surface area contributed by atoms with E-state index in [1.165, 1.54) is 19.3 Å². The first-order chi connectivity index (χ1) is 8.67. The van der Waals surface area contributed by atoms with Gasteiger partial charge in [0.05, 0.1) is 18.6 Å². The van der Waals surface area contributed by atoms with Gasteiger partial charge in [0.15, 0.2) is 0 Å². The van der Waals surface area contributed by atoms with Crippen molar-refractivity contribution in [3.05, 3.63) is 0 Å². The van der Waals surface area contributed by atoms with Crippen LogP contribution in [0.4, 0.5) is 0 Å². The van der Waals surface area contributed by atoms with Gasteiger partial charge in [-0.05, 0) is 18.8 Å². The lowest BCUT2D eigenvalue weighted by Crippen LogP contribution is -2.39. The molecular formula is C13H27ClN2O3. The second-order valence-corrected chi connectivity index (χ2v) is 5.07. The van der Waals surface area contributed by atoms with Crippen molar-refractivity contribution in [2.24, 2.45) is 11.7 Å². The van der Waals surface area contributed by atoms with E-state index in [4.69, 9.17) is 10.5 Å². The summed E-state index contributed by atoms with van der Waals surface area (Å²) < 4.78 is 5.04. The van der Waals surface area contributed by atoms with E-state index >= 15 is 0 Å². The van der Waals surface area contributed by atoms with E-state index in [0.29, 0.717) is 19.0 Å². The third-order valence-corrected chi connectivity index (χ3v) is 3.71. The van der Waals surface area contributed by atoms with Crippen molar-refractivity contribution in [2.75, 3.05) is 20.2 Å². The minimum Gasteiger partial charge on any atom is -0.391 e. The normalized spacial score (nSPS) is 19.3. The first kappa shape index (κ1) is 18.6. The molecule has 114 valence electrons. The van der Waals surface area contributed by atoms with Gasteiger partial charge in [-0.2, -0.15) is 0 Å². The number of aliphatic hydroxyl groups is 1. The quantitative estimate of drug-likeness (QED) is 0.649. The molecule has 1 aliphatic carbocycles. The van der Waals surface area contributed by atoms with Crippen LogP contribution in [0.25, 0.3) is 0 Å². The predicted octanol–water partition coefficient (Wildman–Crippen LogP) is 0.829. The van der Waals surface area contributed by atoms with Crippen LogP contribution in [0.5, 0.6) is 0 Å². The number of hydrogen-bond donors (Lipinski definition) is 3. The van der Waals surface area contributed by atoms with Crippen LogP contribution in [0, 0.1) is 5.92 Å². The number of halogens is 1. The van der Waals surface area contributed by atoms with Gasteiger partial charge in [-0.25, -0.2) is 0 Å². The average molecular weight is 295 g/mol. The Morgan fingerprint density at radius 1 is 1.42 bits per heavy atom. The Morgan fingerprint density at radius 3 is 2.58 bits per heavy atom. The van der Waals surface area contributed by atoms with Crippen molar-refractivity contribution in [2.45, 2.75) is 50.7 Å². The summed E-state index contributed by atoms with van der Waals surface area (Å²) in [6, 6.07) is 0. The second kappa shape index (κ2) is 10.4. The van der Waals surface area contributed by atoms with E-state index in [1.807, 2.05) is 0 Å². The van der Waals surface area contributed by atoms with E-state index in [9.17, 15) is 9.90 Å². The first-order valence-electron chi connectivity index (χ1n) is 6.85. The van der Waals surface area contributed by atoms with Crippen molar-refractivity contribution in [3.8, 4) is 0 Å². The Balaban J connectivity index is 0.00000324. The number of amides is 1. The van der Waals surface area contributed by atoms with Crippen LogP contribution in [0.15, 0.2) is 0 Å². The van der Waals surface area contributed by atoms with Crippen LogP contribution in [-0.2, 0) is 9.53 Å². The van der Waals surface area contributed by atoms with Gasteiger partial charge in [-0.3, -0.25) is 4.79 Å². The molecule has 1 saturated carbocycles. The summed E-state index contributed by atoms with van der Waals surface area (Å²) in [6.45, 7) is 0.666. The lowest BCUT2D eigenvalue weighted by molar-refractivity contribution is -0.124. The van der Waals surface area contributed by atoms with Crippen LogP contribution in [0.3, 0.4) is 0 Å². The van der Waals surface area contributed by atoms with E-state index in [2.05, 4.69) is 5.32 Å². The summed E-state index contributed by atoms with van der Waals surface area (Å²) in [6.07, 6.45) is 5.38. The maximum Gasteiger partial charge on any atom is 0.222 e. The van der Waals surface area contributed by atoms with Crippen molar-refractivity contribution in [1.82, 2.24) is 5.32 Å². The Labute approximate surface area is 121 Å². The molecule has 0 aromatic rings. The van der Waals surface area contributed by atoms with Gasteiger partial charge in [0.2, 0.25) is 5.91 Å². The van der Waals surface area contributed by atoms with E-state index in [-0.39, 0.29) is 30.8 Å². The second-order valence-electron chi connectivity index (χ2n) is 5.07. The number of rotatable bonds is 7. The van der Waals surface area contributed by atoms with Gasteiger partial charge < -0.3 is 20.9 Å². The van der Waals surface area contributed by atoms with Gasteiger partial charge in [0.25, 0.3) is 0 Å². The number of ether oxygens (including phenoxy) is 1. The zero-order valence-corrected chi connectivity index (χ0v) is 12.5. The molecule has 0 spiro atoms. The molecule has 0 aromatic carbocycles. The molecule has 0 saturated heterocycles. The molecule has 0 aliphatic heterocycles. The fraction of sp³-hybridized carbons (Fsp3) is 0.923. The third kappa shape index (κ3) is 7.11. The fourth-order valence-corrected chi connectivity index (χ4v) is 2.45. The molecule has 4 N–H and O–H groups in total. The number of methoxy groups -OCH3 is 1. The average Bonchev–Trinajstić information content (AvgIpc) is 2.43. The maximum absolute atomic E-state index is 11.6. The smallest absolute Gasteiger partial charge is 0.222 e. The topological polar surface area (TPSA) is 84.6 Å². The van der Waals surface area contributed by atoms with E-state index < -0.39 is 6.10 Å². The van der Waals surface area contributed by atoms with Crippen LogP contribution in [0.2, 0.25) is 0 Å². The number of carbonyl (C=O) groups is 1. The summed E-state index contributed by atoms with van der Waals surface area (Å²) >= 11 is 0. The van der Waals surface area contributed by atoms with Gasteiger partial charge >= 0.3 is 0 Å². The van der Waals surface area contributed by atoms with Gasteiger partial charge in [-0.1, -0.05) is 19.3 Å². The van der Waals surface area contributed by atoms with Crippen molar-refractivity contribution in [3.63, 3.8) is 0 Å². The Kier molecular flexibility index (Phi) is 10.2. The van der Waals surface area contributed by atoms with Crippen molar-refractivity contribution in [1.29, 1.82) is 0 Å². The highest BCUT2D eigenvalue weighted by Gasteiger charge is 2.22. The third-order valence-electron chi connectivity index (χ3n) is 3.71. The van der Waals surface area contributed by atoms with Crippen molar-refractivity contribution < 1.29 is 14.6 Å². The molecule has 1 aliphatic rings. The van der Waals surface area contributed by atoms with Crippen LogP contribution in [0.1, 0.15) is 38.5 Å². The van der Waals surface area contributed by atoms with Crippen LogP contribution >= 0.6 is 12.4 Å². The number of hydrogen-bond acceptors (Lipinski definition) is 4. The molecule has 0 aromatic heterocycles. The number of nitrogens with two attached hydrogens (primary N) is 1. The summed E-state index contributed by atoms with van der Waals surface area (Å²) in [5.41, 5.74) is 5.45.